The second-order valence-electron chi connectivity index (χ2n) is 3.38. The van der Waals surface area contributed by atoms with Gasteiger partial charge < -0.3 is 5.11 Å². The summed E-state index contributed by atoms with van der Waals surface area (Å²) in [5.41, 5.74) is 0.851. The lowest BCUT2D eigenvalue weighted by atomic mass is 9.86. The first-order valence-electron chi connectivity index (χ1n) is 4.16. The summed E-state index contributed by atoms with van der Waals surface area (Å²) in [6.45, 7) is 1.78. The molecule has 0 aromatic carbocycles. The maximum atomic E-state index is 10.9. The van der Waals surface area contributed by atoms with Crippen LogP contribution in [0.2, 0.25) is 0 Å². The van der Waals surface area contributed by atoms with E-state index in [1.165, 1.54) is 0 Å². The molecule has 0 heterocycles. The minimum absolute atomic E-state index is 0.310. The monoisotopic (exact) mass is 255 g/mol. The van der Waals surface area contributed by atoms with Gasteiger partial charge in [0, 0.05) is 0 Å². The van der Waals surface area contributed by atoms with Gasteiger partial charge in [-0.2, -0.15) is 5.26 Å². The van der Waals surface area contributed by atoms with Crippen molar-refractivity contribution in [3.63, 3.8) is 0 Å². The third kappa shape index (κ3) is 2.24. The molecular formula is C10H10BrNO2. The van der Waals surface area contributed by atoms with Crippen molar-refractivity contribution in [3.8, 4) is 6.07 Å². The largest absolute Gasteiger partial charge is 0.481 e. The number of hydrogen-bond donors (Lipinski definition) is 1. The first-order valence-corrected chi connectivity index (χ1v) is 4.95. The molecule has 0 fully saturated rings. The van der Waals surface area contributed by atoms with E-state index in [1.807, 2.05) is 6.07 Å². The molecule has 0 aromatic heterocycles. The van der Waals surface area contributed by atoms with E-state index < -0.39 is 16.2 Å². The van der Waals surface area contributed by atoms with Crippen LogP contribution in [0.15, 0.2) is 23.8 Å². The van der Waals surface area contributed by atoms with Gasteiger partial charge in [-0.15, -0.1) is 0 Å². The molecule has 0 aliphatic heterocycles. The van der Waals surface area contributed by atoms with Crippen LogP contribution in [0.1, 0.15) is 13.3 Å². The minimum atomic E-state index is -0.868. The lowest BCUT2D eigenvalue weighted by Gasteiger charge is -2.27. The van der Waals surface area contributed by atoms with Crippen LogP contribution in [-0.4, -0.2) is 15.4 Å². The number of carbonyl (C=O) groups is 1. The normalized spacial score (nSPS) is 30.6. The second-order valence-corrected chi connectivity index (χ2v) is 5.09. The first-order chi connectivity index (χ1) is 6.47. The van der Waals surface area contributed by atoms with Crippen LogP contribution >= 0.6 is 15.9 Å². The fourth-order valence-electron chi connectivity index (χ4n) is 1.43. The molecule has 3 nitrogen and oxygen atoms in total. The summed E-state index contributed by atoms with van der Waals surface area (Å²) in [6, 6.07) is 2.03. The van der Waals surface area contributed by atoms with Crippen molar-refractivity contribution in [2.24, 2.45) is 5.92 Å². The van der Waals surface area contributed by atoms with Crippen LogP contribution in [0.25, 0.3) is 0 Å². The summed E-state index contributed by atoms with van der Waals surface area (Å²) in [7, 11) is 0. The third-order valence-corrected chi connectivity index (χ3v) is 2.85. The highest BCUT2D eigenvalue weighted by Gasteiger charge is 2.35. The van der Waals surface area contributed by atoms with Gasteiger partial charge in [0.05, 0.1) is 22.7 Å². The fraction of sp³-hybridized carbons (Fsp3) is 0.400. The Bertz CT molecular complexity index is 350. The number of carboxylic acids is 1. The zero-order valence-electron chi connectivity index (χ0n) is 7.70. The number of carboxylic acid groups (broad SMARTS) is 1. The number of nitriles is 1. The maximum absolute atomic E-state index is 10.9. The number of alkyl halides is 1. The lowest BCUT2D eigenvalue weighted by molar-refractivity contribution is -0.140. The fourth-order valence-corrected chi connectivity index (χ4v) is 2.08. The van der Waals surface area contributed by atoms with E-state index in [4.69, 9.17) is 10.4 Å². The van der Waals surface area contributed by atoms with E-state index in [1.54, 1.807) is 25.2 Å². The number of rotatable bonds is 2. The molecule has 4 heteroatoms. The summed E-state index contributed by atoms with van der Waals surface area (Å²) in [4.78, 5) is 10.9. The Balaban J connectivity index is 2.93. The van der Waals surface area contributed by atoms with Crippen molar-refractivity contribution in [2.45, 2.75) is 17.7 Å². The summed E-state index contributed by atoms with van der Waals surface area (Å²) in [6.07, 6.45) is 5.41. The maximum Gasteiger partial charge on any atom is 0.312 e. The van der Waals surface area contributed by atoms with Crippen molar-refractivity contribution in [1.29, 1.82) is 5.26 Å². The van der Waals surface area contributed by atoms with Crippen LogP contribution < -0.4 is 0 Å². The van der Waals surface area contributed by atoms with E-state index in [0.717, 1.165) is 5.57 Å². The molecule has 14 heavy (non-hydrogen) atoms. The quantitative estimate of drug-likeness (QED) is 0.771. The van der Waals surface area contributed by atoms with E-state index in [2.05, 4.69) is 15.9 Å². The molecule has 0 amide bonds. The molecule has 0 saturated carbocycles. The summed E-state index contributed by atoms with van der Waals surface area (Å²) >= 11 is 3.35. The summed E-state index contributed by atoms with van der Waals surface area (Å²) < 4.78 is -0.597. The van der Waals surface area contributed by atoms with E-state index in [0.29, 0.717) is 6.42 Å². The molecule has 1 aliphatic carbocycles. The molecule has 0 bridgehead atoms. The van der Waals surface area contributed by atoms with Gasteiger partial charge in [0.25, 0.3) is 0 Å². The second kappa shape index (κ2) is 3.97. The van der Waals surface area contributed by atoms with Crippen LogP contribution in [-0.2, 0) is 4.79 Å². The number of halogens is 1. The highest BCUT2D eigenvalue weighted by molar-refractivity contribution is 9.10. The van der Waals surface area contributed by atoms with Gasteiger partial charge in [-0.1, -0.05) is 34.2 Å². The van der Waals surface area contributed by atoms with Gasteiger partial charge in [0.15, 0.2) is 0 Å². The first kappa shape index (κ1) is 11.0. The Morgan fingerprint density at radius 2 is 2.50 bits per heavy atom. The van der Waals surface area contributed by atoms with Gasteiger partial charge in [-0.25, -0.2) is 0 Å². The van der Waals surface area contributed by atoms with Crippen molar-refractivity contribution in [3.05, 3.63) is 23.8 Å². The van der Waals surface area contributed by atoms with Crippen LogP contribution in [0.3, 0.4) is 0 Å². The smallest absolute Gasteiger partial charge is 0.312 e. The average Bonchev–Trinajstić information content (AvgIpc) is 2.01. The molecule has 1 N–H and O–H groups in total. The van der Waals surface area contributed by atoms with Crippen LogP contribution in [0, 0.1) is 17.2 Å². The molecule has 1 rings (SSSR count). The minimum Gasteiger partial charge on any atom is -0.481 e. The van der Waals surface area contributed by atoms with E-state index in [9.17, 15) is 4.79 Å². The van der Waals surface area contributed by atoms with Crippen molar-refractivity contribution in [2.75, 3.05) is 0 Å². The van der Waals surface area contributed by atoms with Gasteiger partial charge >= 0.3 is 5.97 Å². The third-order valence-electron chi connectivity index (χ3n) is 2.13. The van der Waals surface area contributed by atoms with Gasteiger partial charge in [-0.3, -0.25) is 4.79 Å². The van der Waals surface area contributed by atoms with Gasteiger partial charge in [-0.05, 0) is 12.5 Å². The Morgan fingerprint density at radius 3 is 2.93 bits per heavy atom. The Kier molecular flexibility index (Phi) is 3.12. The molecular weight excluding hydrogens is 246 g/mol. The SMILES string of the molecule is CC1(Br)C=C(CC#N)C=CC1C(=O)O. The van der Waals surface area contributed by atoms with Gasteiger partial charge in [0.2, 0.25) is 0 Å². The molecule has 0 spiro atoms. The molecule has 0 radical (unpaired) electrons. The summed E-state index contributed by atoms with van der Waals surface area (Å²) in [5, 5.41) is 17.4. The van der Waals surface area contributed by atoms with Crippen molar-refractivity contribution >= 4 is 21.9 Å². The van der Waals surface area contributed by atoms with Crippen LogP contribution in [0.4, 0.5) is 0 Å². The zero-order chi connectivity index (χ0) is 10.8. The highest BCUT2D eigenvalue weighted by atomic mass is 79.9. The van der Waals surface area contributed by atoms with E-state index >= 15 is 0 Å². The number of hydrogen-bond acceptors (Lipinski definition) is 2. The average molecular weight is 256 g/mol. The van der Waals surface area contributed by atoms with Crippen molar-refractivity contribution in [1.82, 2.24) is 0 Å². The van der Waals surface area contributed by atoms with Crippen LogP contribution in [0.5, 0.6) is 0 Å². The zero-order valence-corrected chi connectivity index (χ0v) is 9.28. The lowest BCUT2D eigenvalue weighted by Crippen LogP contribution is -2.33. The molecule has 2 unspecified atom stereocenters. The highest BCUT2D eigenvalue weighted by Crippen LogP contribution is 2.35. The molecule has 1 aliphatic rings. The molecule has 2 atom stereocenters. The Morgan fingerprint density at radius 1 is 1.86 bits per heavy atom. The number of nitrogens with zero attached hydrogens (tertiary/aromatic N) is 1. The predicted octanol–water partition coefficient (Wildman–Crippen LogP) is 2.25. The predicted molar refractivity (Wildman–Crippen MR) is 55.9 cm³/mol. The Hall–Kier alpha value is -1.08. The molecule has 0 saturated heterocycles. The number of aliphatic carboxylic acids is 1. The standard InChI is InChI=1S/C10H10BrNO2/c1-10(11)6-7(4-5-12)2-3-8(10)9(13)14/h2-3,6,8H,4H2,1H3,(H,13,14). The Labute approximate surface area is 90.9 Å². The molecule has 74 valence electrons. The van der Waals surface area contributed by atoms with Gasteiger partial charge in [0.1, 0.15) is 0 Å². The molecule has 0 aromatic rings. The number of allylic oxidation sites excluding steroid dienone is 3. The van der Waals surface area contributed by atoms with E-state index in [-0.39, 0.29) is 0 Å². The van der Waals surface area contributed by atoms with Crippen molar-refractivity contribution < 1.29 is 9.90 Å². The topological polar surface area (TPSA) is 61.1 Å². The summed E-state index contributed by atoms with van der Waals surface area (Å²) in [5.74, 6) is -1.45.